The Labute approximate surface area is 118 Å². The molecule has 0 spiro atoms. The molecule has 0 unspecified atom stereocenters. The van der Waals surface area contributed by atoms with Crippen molar-refractivity contribution in [3.63, 3.8) is 0 Å². The Kier molecular flexibility index (Phi) is 3.47. The molecule has 0 N–H and O–H groups in total. The summed E-state index contributed by atoms with van der Waals surface area (Å²) in [5.41, 5.74) is 4.08. The molecule has 0 fully saturated rings. The predicted molar refractivity (Wildman–Crippen MR) is 83.7 cm³/mol. The van der Waals surface area contributed by atoms with E-state index in [0.29, 0.717) is 0 Å². The fraction of sp³-hybridized carbons (Fsp3) is 0.111. The van der Waals surface area contributed by atoms with E-state index in [1.165, 1.54) is 26.4 Å². The van der Waals surface area contributed by atoms with Gasteiger partial charge in [-0.25, -0.2) is 0 Å². The second-order valence-corrected chi connectivity index (χ2v) is 6.06. The lowest BCUT2D eigenvalue weighted by atomic mass is 10.0. The molecule has 1 aromatic heterocycles. The van der Waals surface area contributed by atoms with E-state index in [1.54, 1.807) is 0 Å². The van der Waals surface area contributed by atoms with Crippen LogP contribution >= 0.6 is 11.3 Å². The molecule has 0 saturated carbocycles. The third kappa shape index (κ3) is 2.77. The molecule has 94 valence electrons. The van der Waals surface area contributed by atoms with E-state index in [0.717, 1.165) is 6.42 Å². The van der Waals surface area contributed by atoms with E-state index in [-0.39, 0.29) is 0 Å². The molecule has 0 aliphatic heterocycles. The standard InChI is InChI=1S/C18H16S/c1-14-12-17(16-10-6-3-7-11-16)18(19-14)13-15-8-4-2-5-9-15/h2-12H,13H2,1H3. The van der Waals surface area contributed by atoms with Crippen LogP contribution in [-0.4, -0.2) is 0 Å². The highest BCUT2D eigenvalue weighted by Gasteiger charge is 2.09. The maximum absolute atomic E-state index is 2.30. The Bertz CT molecular complexity index is 651. The summed E-state index contributed by atoms with van der Waals surface area (Å²) in [6.45, 7) is 2.19. The Morgan fingerprint density at radius 1 is 0.842 bits per heavy atom. The second kappa shape index (κ2) is 5.41. The van der Waals surface area contributed by atoms with E-state index in [2.05, 4.69) is 73.7 Å². The molecule has 0 radical (unpaired) electrons. The first-order valence-electron chi connectivity index (χ1n) is 6.51. The number of hydrogen-bond acceptors (Lipinski definition) is 1. The van der Waals surface area contributed by atoms with Gasteiger partial charge in [0, 0.05) is 16.2 Å². The molecule has 2 aromatic carbocycles. The number of rotatable bonds is 3. The van der Waals surface area contributed by atoms with E-state index >= 15 is 0 Å². The van der Waals surface area contributed by atoms with Crippen molar-refractivity contribution in [3.05, 3.63) is 82.0 Å². The van der Waals surface area contributed by atoms with Gasteiger partial charge in [0.1, 0.15) is 0 Å². The molecule has 0 atom stereocenters. The minimum Gasteiger partial charge on any atom is -0.145 e. The predicted octanol–water partition coefficient (Wildman–Crippen LogP) is 5.31. The quantitative estimate of drug-likeness (QED) is 0.601. The number of thiophene rings is 1. The van der Waals surface area contributed by atoms with Crippen molar-refractivity contribution in [2.45, 2.75) is 13.3 Å². The highest BCUT2D eigenvalue weighted by atomic mass is 32.1. The first-order chi connectivity index (χ1) is 9.33. The van der Waals surface area contributed by atoms with Gasteiger partial charge in [-0.1, -0.05) is 60.7 Å². The maximum atomic E-state index is 2.30. The van der Waals surface area contributed by atoms with Crippen molar-refractivity contribution in [1.82, 2.24) is 0 Å². The first-order valence-corrected chi connectivity index (χ1v) is 7.33. The van der Waals surface area contributed by atoms with Gasteiger partial charge >= 0.3 is 0 Å². The lowest BCUT2D eigenvalue weighted by Crippen LogP contribution is -1.86. The molecule has 0 aliphatic carbocycles. The topological polar surface area (TPSA) is 0 Å². The normalized spacial score (nSPS) is 10.6. The fourth-order valence-electron chi connectivity index (χ4n) is 2.34. The van der Waals surface area contributed by atoms with Crippen molar-refractivity contribution in [1.29, 1.82) is 0 Å². The van der Waals surface area contributed by atoms with Crippen molar-refractivity contribution in [3.8, 4) is 11.1 Å². The first kappa shape index (κ1) is 12.2. The number of benzene rings is 2. The van der Waals surface area contributed by atoms with Crippen LogP contribution in [0.1, 0.15) is 15.3 Å². The summed E-state index contributed by atoms with van der Waals surface area (Å²) in [6, 6.07) is 23.7. The van der Waals surface area contributed by atoms with Gasteiger partial charge in [-0.15, -0.1) is 11.3 Å². The van der Waals surface area contributed by atoms with Gasteiger partial charge in [0.2, 0.25) is 0 Å². The van der Waals surface area contributed by atoms with Crippen molar-refractivity contribution in [2.24, 2.45) is 0 Å². The summed E-state index contributed by atoms with van der Waals surface area (Å²) in [5.74, 6) is 0. The second-order valence-electron chi connectivity index (χ2n) is 4.72. The Morgan fingerprint density at radius 3 is 2.16 bits per heavy atom. The third-order valence-electron chi connectivity index (χ3n) is 3.22. The van der Waals surface area contributed by atoms with Gasteiger partial charge < -0.3 is 0 Å². The van der Waals surface area contributed by atoms with Crippen LogP contribution in [0.4, 0.5) is 0 Å². The SMILES string of the molecule is Cc1cc(-c2ccccc2)c(Cc2ccccc2)s1. The van der Waals surface area contributed by atoms with Gasteiger partial charge in [-0.3, -0.25) is 0 Å². The van der Waals surface area contributed by atoms with Crippen LogP contribution in [0.15, 0.2) is 66.7 Å². The Morgan fingerprint density at radius 2 is 1.47 bits per heavy atom. The van der Waals surface area contributed by atoms with Crippen LogP contribution in [0.3, 0.4) is 0 Å². The van der Waals surface area contributed by atoms with Crippen LogP contribution in [0.25, 0.3) is 11.1 Å². The van der Waals surface area contributed by atoms with Gasteiger partial charge in [0.05, 0.1) is 0 Å². The molecule has 0 bridgehead atoms. The summed E-state index contributed by atoms with van der Waals surface area (Å²) in [5, 5.41) is 0. The third-order valence-corrected chi connectivity index (χ3v) is 4.27. The highest BCUT2D eigenvalue weighted by Crippen LogP contribution is 2.32. The van der Waals surface area contributed by atoms with Crippen molar-refractivity contribution < 1.29 is 0 Å². The Balaban J connectivity index is 1.99. The molecule has 19 heavy (non-hydrogen) atoms. The lowest BCUT2D eigenvalue weighted by molar-refractivity contribution is 1.24. The lowest BCUT2D eigenvalue weighted by Gasteiger charge is -2.04. The maximum Gasteiger partial charge on any atom is 0.0170 e. The van der Waals surface area contributed by atoms with Crippen LogP contribution in [-0.2, 0) is 6.42 Å². The van der Waals surface area contributed by atoms with E-state index < -0.39 is 0 Å². The molecule has 1 heterocycles. The average molecular weight is 264 g/mol. The zero-order chi connectivity index (χ0) is 13.1. The smallest absolute Gasteiger partial charge is 0.0170 e. The molecule has 0 nitrogen and oxygen atoms in total. The summed E-state index contributed by atoms with van der Waals surface area (Å²) in [6.07, 6.45) is 1.02. The van der Waals surface area contributed by atoms with Crippen LogP contribution in [0.2, 0.25) is 0 Å². The van der Waals surface area contributed by atoms with Crippen LogP contribution < -0.4 is 0 Å². The Hall–Kier alpha value is -1.86. The zero-order valence-electron chi connectivity index (χ0n) is 11.0. The summed E-state index contributed by atoms with van der Waals surface area (Å²) >= 11 is 1.90. The number of hydrogen-bond donors (Lipinski definition) is 0. The molecular weight excluding hydrogens is 248 g/mol. The number of aryl methyl sites for hydroxylation is 1. The van der Waals surface area contributed by atoms with E-state index in [1.807, 2.05) is 11.3 Å². The van der Waals surface area contributed by atoms with Crippen molar-refractivity contribution in [2.75, 3.05) is 0 Å². The van der Waals surface area contributed by atoms with Crippen molar-refractivity contribution >= 4 is 11.3 Å². The minimum absolute atomic E-state index is 1.02. The van der Waals surface area contributed by atoms with Crippen LogP contribution in [0.5, 0.6) is 0 Å². The van der Waals surface area contributed by atoms with E-state index in [4.69, 9.17) is 0 Å². The largest absolute Gasteiger partial charge is 0.145 e. The summed E-state index contributed by atoms with van der Waals surface area (Å²) < 4.78 is 0. The molecule has 0 amide bonds. The van der Waals surface area contributed by atoms with Gasteiger partial charge in [-0.2, -0.15) is 0 Å². The van der Waals surface area contributed by atoms with Gasteiger partial charge in [0.15, 0.2) is 0 Å². The molecular formula is C18H16S. The molecule has 0 aliphatic rings. The fourth-order valence-corrected chi connectivity index (χ4v) is 3.43. The summed E-state index contributed by atoms with van der Waals surface area (Å²) in [7, 11) is 0. The van der Waals surface area contributed by atoms with E-state index in [9.17, 15) is 0 Å². The highest BCUT2D eigenvalue weighted by molar-refractivity contribution is 7.12. The van der Waals surface area contributed by atoms with Gasteiger partial charge in [0.25, 0.3) is 0 Å². The van der Waals surface area contributed by atoms with Crippen LogP contribution in [0, 0.1) is 6.92 Å². The molecule has 3 aromatic rings. The molecule has 1 heteroatoms. The summed E-state index contributed by atoms with van der Waals surface area (Å²) in [4.78, 5) is 2.83. The van der Waals surface area contributed by atoms with Gasteiger partial charge in [-0.05, 0) is 29.7 Å². The molecule has 0 saturated heterocycles. The monoisotopic (exact) mass is 264 g/mol. The average Bonchev–Trinajstić information content (AvgIpc) is 2.82. The molecule has 3 rings (SSSR count). The minimum atomic E-state index is 1.02. The zero-order valence-corrected chi connectivity index (χ0v) is 11.8.